The molecule has 0 radical (unpaired) electrons. The SMILES string of the molecule is CCN(C)C(=O)c1cccc(CN2CCC(Cc3ccccc3)CC2)c1. The Labute approximate surface area is 157 Å². The zero-order valence-electron chi connectivity index (χ0n) is 16.0. The van der Waals surface area contributed by atoms with Crippen LogP contribution in [0.15, 0.2) is 54.6 Å². The summed E-state index contributed by atoms with van der Waals surface area (Å²) >= 11 is 0. The smallest absolute Gasteiger partial charge is 0.253 e. The van der Waals surface area contributed by atoms with Crippen molar-refractivity contribution in [2.75, 3.05) is 26.7 Å². The summed E-state index contributed by atoms with van der Waals surface area (Å²) in [4.78, 5) is 16.6. The van der Waals surface area contributed by atoms with Crippen molar-refractivity contribution in [3.05, 3.63) is 71.3 Å². The van der Waals surface area contributed by atoms with Gasteiger partial charge < -0.3 is 4.90 Å². The highest BCUT2D eigenvalue weighted by Gasteiger charge is 2.20. The number of carbonyl (C=O) groups is 1. The lowest BCUT2D eigenvalue weighted by Gasteiger charge is -2.32. The van der Waals surface area contributed by atoms with Gasteiger partial charge in [0, 0.05) is 25.7 Å². The number of rotatable bonds is 6. The number of likely N-dealkylation sites (tertiary alicyclic amines) is 1. The van der Waals surface area contributed by atoms with E-state index in [1.54, 1.807) is 4.90 Å². The molecule has 2 aromatic rings. The Kier molecular flexibility index (Phi) is 6.45. The Bertz CT molecular complexity index is 705. The van der Waals surface area contributed by atoms with E-state index in [1.165, 1.54) is 30.4 Å². The van der Waals surface area contributed by atoms with Crippen molar-refractivity contribution in [2.45, 2.75) is 32.7 Å². The molecule has 0 unspecified atom stereocenters. The Morgan fingerprint density at radius 3 is 2.42 bits per heavy atom. The summed E-state index contributed by atoms with van der Waals surface area (Å²) in [5.41, 5.74) is 3.49. The molecule has 3 nitrogen and oxygen atoms in total. The maximum Gasteiger partial charge on any atom is 0.253 e. The van der Waals surface area contributed by atoms with Crippen LogP contribution in [0.25, 0.3) is 0 Å². The molecule has 1 fully saturated rings. The molecule has 0 saturated carbocycles. The van der Waals surface area contributed by atoms with Crippen LogP contribution in [0.1, 0.15) is 41.3 Å². The van der Waals surface area contributed by atoms with Crippen molar-refractivity contribution in [2.24, 2.45) is 5.92 Å². The monoisotopic (exact) mass is 350 g/mol. The van der Waals surface area contributed by atoms with Crippen LogP contribution in [-0.4, -0.2) is 42.4 Å². The Morgan fingerprint density at radius 1 is 1.04 bits per heavy atom. The lowest BCUT2D eigenvalue weighted by molar-refractivity contribution is 0.0802. The molecule has 0 spiro atoms. The van der Waals surface area contributed by atoms with Gasteiger partial charge in [0.15, 0.2) is 0 Å². The molecule has 1 aliphatic heterocycles. The number of carbonyl (C=O) groups excluding carboxylic acids is 1. The topological polar surface area (TPSA) is 23.6 Å². The summed E-state index contributed by atoms with van der Waals surface area (Å²) in [5, 5.41) is 0. The van der Waals surface area contributed by atoms with Crippen molar-refractivity contribution in [3.63, 3.8) is 0 Å². The number of hydrogen-bond acceptors (Lipinski definition) is 2. The van der Waals surface area contributed by atoms with Gasteiger partial charge >= 0.3 is 0 Å². The first-order chi connectivity index (χ1) is 12.7. The van der Waals surface area contributed by atoms with E-state index in [2.05, 4.69) is 47.4 Å². The average molecular weight is 351 g/mol. The van der Waals surface area contributed by atoms with Gasteiger partial charge in [-0.1, -0.05) is 42.5 Å². The molecule has 1 aliphatic rings. The van der Waals surface area contributed by atoms with Gasteiger partial charge in [-0.2, -0.15) is 0 Å². The second-order valence-electron chi connectivity index (χ2n) is 7.43. The fraction of sp³-hybridized carbons (Fsp3) is 0.435. The Morgan fingerprint density at radius 2 is 1.73 bits per heavy atom. The van der Waals surface area contributed by atoms with E-state index in [0.29, 0.717) is 0 Å². The summed E-state index contributed by atoms with van der Waals surface area (Å²) in [5.74, 6) is 0.899. The third-order valence-corrected chi connectivity index (χ3v) is 5.48. The fourth-order valence-electron chi connectivity index (χ4n) is 3.72. The van der Waals surface area contributed by atoms with Gasteiger partial charge in [0.25, 0.3) is 5.91 Å². The predicted octanol–water partition coefficient (Wildman–Crippen LogP) is 4.23. The number of benzene rings is 2. The lowest BCUT2D eigenvalue weighted by Crippen LogP contribution is -2.34. The standard InChI is InChI=1S/C23H30N2O/c1-3-24(2)23(26)22-11-7-10-21(17-22)18-25-14-12-20(13-15-25)16-19-8-5-4-6-9-19/h4-11,17,20H,3,12-16,18H2,1-2H3. The molecule has 0 N–H and O–H groups in total. The molecule has 3 rings (SSSR count). The fourth-order valence-corrected chi connectivity index (χ4v) is 3.72. The first kappa shape index (κ1) is 18.7. The molecule has 2 aromatic carbocycles. The van der Waals surface area contributed by atoms with Crippen molar-refractivity contribution >= 4 is 5.91 Å². The van der Waals surface area contributed by atoms with Gasteiger partial charge in [-0.3, -0.25) is 9.69 Å². The molecule has 1 saturated heterocycles. The minimum atomic E-state index is 0.107. The van der Waals surface area contributed by atoms with E-state index in [0.717, 1.165) is 37.7 Å². The molecule has 0 bridgehead atoms. The van der Waals surface area contributed by atoms with Crippen LogP contribution in [0.4, 0.5) is 0 Å². The number of piperidine rings is 1. The van der Waals surface area contributed by atoms with Gasteiger partial charge in [0.2, 0.25) is 0 Å². The third-order valence-electron chi connectivity index (χ3n) is 5.48. The van der Waals surface area contributed by atoms with Gasteiger partial charge in [-0.15, -0.1) is 0 Å². The molecule has 138 valence electrons. The van der Waals surface area contributed by atoms with Crippen LogP contribution in [0.5, 0.6) is 0 Å². The molecule has 26 heavy (non-hydrogen) atoms. The maximum absolute atomic E-state index is 12.3. The van der Waals surface area contributed by atoms with Gasteiger partial charge in [0.05, 0.1) is 0 Å². The highest BCUT2D eigenvalue weighted by atomic mass is 16.2. The minimum absolute atomic E-state index is 0.107. The quantitative estimate of drug-likeness (QED) is 0.778. The first-order valence-electron chi connectivity index (χ1n) is 9.76. The summed E-state index contributed by atoms with van der Waals surface area (Å²) in [6.45, 7) is 5.96. The van der Waals surface area contributed by atoms with E-state index in [1.807, 2.05) is 26.1 Å². The van der Waals surface area contributed by atoms with E-state index >= 15 is 0 Å². The van der Waals surface area contributed by atoms with Crippen molar-refractivity contribution in [3.8, 4) is 0 Å². The van der Waals surface area contributed by atoms with Gasteiger partial charge in [-0.25, -0.2) is 0 Å². The summed E-state index contributed by atoms with van der Waals surface area (Å²) in [7, 11) is 1.85. The van der Waals surface area contributed by atoms with Crippen LogP contribution < -0.4 is 0 Å². The average Bonchev–Trinajstić information content (AvgIpc) is 2.69. The maximum atomic E-state index is 12.3. The lowest BCUT2D eigenvalue weighted by atomic mass is 9.90. The van der Waals surface area contributed by atoms with Crippen molar-refractivity contribution in [1.29, 1.82) is 0 Å². The molecule has 1 heterocycles. The number of nitrogens with zero attached hydrogens (tertiary/aromatic N) is 2. The van der Waals surface area contributed by atoms with Gasteiger partial charge in [-0.05, 0) is 68.5 Å². The van der Waals surface area contributed by atoms with E-state index < -0.39 is 0 Å². The molecule has 0 aromatic heterocycles. The van der Waals surface area contributed by atoms with Crippen LogP contribution in [0, 0.1) is 5.92 Å². The first-order valence-corrected chi connectivity index (χ1v) is 9.76. The van der Waals surface area contributed by atoms with Crippen LogP contribution in [-0.2, 0) is 13.0 Å². The second-order valence-corrected chi connectivity index (χ2v) is 7.43. The summed E-state index contributed by atoms with van der Waals surface area (Å²) in [6.07, 6.45) is 3.71. The highest BCUT2D eigenvalue weighted by molar-refractivity contribution is 5.94. The zero-order valence-corrected chi connectivity index (χ0v) is 16.0. The molecular formula is C23H30N2O. The molecule has 3 heteroatoms. The normalized spacial score (nSPS) is 15.8. The second kappa shape index (κ2) is 9.00. The molecule has 1 amide bonds. The van der Waals surface area contributed by atoms with Crippen LogP contribution in [0.2, 0.25) is 0 Å². The van der Waals surface area contributed by atoms with Crippen LogP contribution in [0.3, 0.4) is 0 Å². The van der Waals surface area contributed by atoms with Gasteiger partial charge in [0.1, 0.15) is 0 Å². The summed E-state index contributed by atoms with van der Waals surface area (Å²) < 4.78 is 0. The van der Waals surface area contributed by atoms with Crippen molar-refractivity contribution < 1.29 is 4.79 Å². The van der Waals surface area contributed by atoms with Crippen molar-refractivity contribution in [1.82, 2.24) is 9.80 Å². The van der Waals surface area contributed by atoms with E-state index in [-0.39, 0.29) is 5.91 Å². The number of amides is 1. The highest BCUT2D eigenvalue weighted by Crippen LogP contribution is 2.23. The third kappa shape index (κ3) is 4.95. The molecule has 0 atom stereocenters. The number of hydrogen-bond donors (Lipinski definition) is 0. The zero-order chi connectivity index (χ0) is 18.4. The Balaban J connectivity index is 1.52. The molecular weight excluding hydrogens is 320 g/mol. The summed E-state index contributed by atoms with van der Waals surface area (Å²) in [6, 6.07) is 19.0. The van der Waals surface area contributed by atoms with E-state index in [9.17, 15) is 4.79 Å². The Hall–Kier alpha value is -2.13. The largest absolute Gasteiger partial charge is 0.342 e. The van der Waals surface area contributed by atoms with Crippen LogP contribution >= 0.6 is 0 Å². The minimum Gasteiger partial charge on any atom is -0.342 e. The molecule has 0 aliphatic carbocycles. The van der Waals surface area contributed by atoms with E-state index in [4.69, 9.17) is 0 Å². The predicted molar refractivity (Wildman–Crippen MR) is 107 cm³/mol.